The molecule has 0 spiro atoms. The van der Waals surface area contributed by atoms with E-state index in [0.29, 0.717) is 30.3 Å². The first-order valence-electron chi connectivity index (χ1n) is 9.76. The molecule has 7 nitrogen and oxygen atoms in total. The first-order valence-corrected chi connectivity index (χ1v) is 12.7. The highest BCUT2D eigenvalue weighted by atomic mass is 28.4. The molecule has 2 aliphatic rings. The van der Waals surface area contributed by atoms with Crippen molar-refractivity contribution in [3.8, 4) is 5.75 Å². The van der Waals surface area contributed by atoms with Crippen LogP contribution >= 0.6 is 0 Å². The summed E-state index contributed by atoms with van der Waals surface area (Å²) in [6.07, 6.45) is 1.10. The minimum absolute atomic E-state index is 0.0110. The van der Waals surface area contributed by atoms with Gasteiger partial charge in [0.1, 0.15) is 11.9 Å². The average Bonchev–Trinajstić information content (AvgIpc) is 2.98. The van der Waals surface area contributed by atoms with Crippen molar-refractivity contribution in [1.29, 1.82) is 0 Å². The lowest BCUT2D eigenvalue weighted by atomic mass is 10.2. The summed E-state index contributed by atoms with van der Waals surface area (Å²) in [6, 6.07) is 5.31. The van der Waals surface area contributed by atoms with Gasteiger partial charge in [-0.3, -0.25) is 9.69 Å². The number of amides is 2. The molecule has 0 radical (unpaired) electrons. The Morgan fingerprint density at radius 1 is 1.29 bits per heavy atom. The van der Waals surface area contributed by atoms with Crippen LogP contribution in [0.3, 0.4) is 0 Å². The number of hydrogen-bond acceptors (Lipinski definition) is 5. The highest BCUT2D eigenvalue weighted by Crippen LogP contribution is 2.37. The molecule has 0 saturated carbocycles. The largest absolute Gasteiger partial charge is 0.482 e. The summed E-state index contributed by atoms with van der Waals surface area (Å²) in [4.78, 5) is 25.4. The number of rotatable bonds is 6. The lowest BCUT2D eigenvalue weighted by Gasteiger charge is -2.36. The fourth-order valence-corrected chi connectivity index (χ4v) is 4.06. The van der Waals surface area contributed by atoms with Crippen LogP contribution in [0, 0.1) is 0 Å². The average molecular weight is 407 g/mol. The van der Waals surface area contributed by atoms with Crippen molar-refractivity contribution in [2.75, 3.05) is 30.0 Å². The molecular weight excluding hydrogens is 376 g/mol. The molecule has 0 bridgehead atoms. The Labute approximate surface area is 167 Å². The number of carbonyl (C=O) groups is 2. The zero-order valence-electron chi connectivity index (χ0n) is 17.3. The fraction of sp³-hybridized carbons (Fsp3) is 0.600. The van der Waals surface area contributed by atoms with E-state index in [2.05, 4.69) is 39.2 Å². The molecule has 1 aromatic carbocycles. The Morgan fingerprint density at radius 3 is 2.75 bits per heavy atom. The van der Waals surface area contributed by atoms with Gasteiger partial charge < -0.3 is 19.2 Å². The standard InChI is InChI=1S/C20H30N2O5Si/c1-20(2,3)28(4,5)26-10-6-7-15-12-22(19(24)27-15)14-8-9-17-16(11-14)21-18(23)13-25-17/h8-9,11,15H,6-7,10,12-13H2,1-5H3,(H,21,23)/t15-/m1/s1. The van der Waals surface area contributed by atoms with Gasteiger partial charge in [0, 0.05) is 12.3 Å². The van der Waals surface area contributed by atoms with Crippen LogP contribution in [0.2, 0.25) is 18.1 Å². The lowest BCUT2D eigenvalue weighted by molar-refractivity contribution is -0.118. The Hall–Kier alpha value is -2.06. The topological polar surface area (TPSA) is 77.1 Å². The van der Waals surface area contributed by atoms with Gasteiger partial charge in [0.2, 0.25) is 0 Å². The summed E-state index contributed by atoms with van der Waals surface area (Å²) in [7, 11) is -1.75. The fourth-order valence-electron chi connectivity index (χ4n) is 2.98. The van der Waals surface area contributed by atoms with Gasteiger partial charge in [-0.2, -0.15) is 0 Å². The highest BCUT2D eigenvalue weighted by molar-refractivity contribution is 6.74. The van der Waals surface area contributed by atoms with Crippen LogP contribution in [0.15, 0.2) is 18.2 Å². The van der Waals surface area contributed by atoms with Gasteiger partial charge in [0.25, 0.3) is 5.91 Å². The predicted molar refractivity (Wildman–Crippen MR) is 111 cm³/mol. The molecule has 2 heterocycles. The summed E-state index contributed by atoms with van der Waals surface area (Å²) in [5, 5.41) is 2.95. The molecule has 2 amide bonds. The third-order valence-electron chi connectivity index (χ3n) is 5.72. The second-order valence-corrected chi connectivity index (χ2v) is 13.7. The summed E-state index contributed by atoms with van der Waals surface area (Å²) in [5.74, 6) is 0.406. The van der Waals surface area contributed by atoms with E-state index in [-0.39, 0.29) is 29.7 Å². The van der Waals surface area contributed by atoms with Gasteiger partial charge in [0.05, 0.1) is 12.2 Å². The van der Waals surface area contributed by atoms with E-state index in [1.165, 1.54) is 0 Å². The van der Waals surface area contributed by atoms with Crippen molar-refractivity contribution in [3.63, 3.8) is 0 Å². The summed E-state index contributed by atoms with van der Waals surface area (Å²) >= 11 is 0. The third-order valence-corrected chi connectivity index (χ3v) is 10.3. The molecule has 28 heavy (non-hydrogen) atoms. The van der Waals surface area contributed by atoms with Crippen LogP contribution in [0.1, 0.15) is 33.6 Å². The van der Waals surface area contributed by atoms with Crippen LogP contribution in [-0.2, 0) is 14.0 Å². The highest BCUT2D eigenvalue weighted by Gasteiger charge is 2.37. The maximum Gasteiger partial charge on any atom is 0.414 e. The van der Waals surface area contributed by atoms with E-state index in [0.717, 1.165) is 12.8 Å². The number of cyclic esters (lactones) is 1. The number of ether oxygens (including phenoxy) is 2. The maximum atomic E-state index is 12.3. The van der Waals surface area contributed by atoms with Crippen LogP contribution < -0.4 is 15.0 Å². The molecule has 3 rings (SSSR count). The maximum absolute atomic E-state index is 12.3. The van der Waals surface area contributed by atoms with Crippen LogP contribution in [0.5, 0.6) is 5.75 Å². The Morgan fingerprint density at radius 2 is 2.04 bits per heavy atom. The zero-order chi connectivity index (χ0) is 20.5. The first-order chi connectivity index (χ1) is 13.1. The van der Waals surface area contributed by atoms with E-state index in [1.807, 2.05) is 0 Å². The van der Waals surface area contributed by atoms with Crippen molar-refractivity contribution < 1.29 is 23.5 Å². The second kappa shape index (κ2) is 7.75. The van der Waals surface area contributed by atoms with Crippen molar-refractivity contribution in [3.05, 3.63) is 18.2 Å². The molecule has 8 heteroatoms. The SMILES string of the molecule is CC(C)(C)[Si](C)(C)OCCC[C@@H]1CN(c2ccc3c(c2)NC(=O)CO3)C(=O)O1. The molecule has 0 aliphatic carbocycles. The molecular formula is C20H30N2O5Si. The summed E-state index contributed by atoms with van der Waals surface area (Å²) in [5.41, 5.74) is 1.27. The van der Waals surface area contributed by atoms with E-state index < -0.39 is 8.32 Å². The van der Waals surface area contributed by atoms with Gasteiger partial charge in [-0.25, -0.2) is 4.79 Å². The van der Waals surface area contributed by atoms with Crippen LogP contribution in [0.4, 0.5) is 16.2 Å². The number of carbonyl (C=O) groups excluding carboxylic acids is 2. The monoisotopic (exact) mass is 406 g/mol. The number of hydrogen-bond donors (Lipinski definition) is 1. The van der Waals surface area contributed by atoms with Crippen molar-refractivity contribution in [2.45, 2.75) is 57.8 Å². The van der Waals surface area contributed by atoms with Crippen LogP contribution in [0.25, 0.3) is 0 Å². The normalized spacial score (nSPS) is 19.8. The van der Waals surface area contributed by atoms with Crippen molar-refractivity contribution >= 4 is 31.7 Å². The Balaban J connectivity index is 1.53. The molecule has 1 saturated heterocycles. The number of anilines is 2. The van der Waals surface area contributed by atoms with E-state index in [9.17, 15) is 9.59 Å². The van der Waals surface area contributed by atoms with Crippen molar-refractivity contribution in [2.24, 2.45) is 0 Å². The molecule has 0 aromatic heterocycles. The Bertz CT molecular complexity index is 759. The van der Waals surface area contributed by atoms with E-state index in [4.69, 9.17) is 13.9 Å². The summed E-state index contributed by atoms with van der Waals surface area (Å²) in [6.45, 7) is 12.3. The summed E-state index contributed by atoms with van der Waals surface area (Å²) < 4.78 is 17.1. The molecule has 0 unspecified atom stereocenters. The molecule has 1 fully saturated rings. The van der Waals surface area contributed by atoms with Gasteiger partial charge >= 0.3 is 6.09 Å². The van der Waals surface area contributed by atoms with Gasteiger partial charge in [-0.1, -0.05) is 20.8 Å². The molecule has 154 valence electrons. The molecule has 1 atom stereocenters. The second-order valence-electron chi connectivity index (χ2n) is 8.88. The molecule has 1 N–H and O–H groups in total. The third kappa shape index (κ3) is 4.49. The van der Waals surface area contributed by atoms with Gasteiger partial charge in [0.15, 0.2) is 14.9 Å². The number of nitrogens with zero attached hydrogens (tertiary/aromatic N) is 1. The predicted octanol–water partition coefficient (Wildman–Crippen LogP) is 4.14. The van der Waals surface area contributed by atoms with E-state index in [1.54, 1.807) is 23.1 Å². The Kier molecular flexibility index (Phi) is 5.72. The number of benzene rings is 1. The first kappa shape index (κ1) is 20.7. The minimum atomic E-state index is -1.75. The van der Waals surface area contributed by atoms with Gasteiger partial charge in [-0.15, -0.1) is 0 Å². The molecule has 1 aromatic rings. The van der Waals surface area contributed by atoms with Gasteiger partial charge in [-0.05, 0) is 49.2 Å². The van der Waals surface area contributed by atoms with Crippen molar-refractivity contribution in [1.82, 2.24) is 0 Å². The molecule has 2 aliphatic heterocycles. The van der Waals surface area contributed by atoms with E-state index >= 15 is 0 Å². The number of fused-ring (bicyclic) bond motifs is 1. The lowest BCUT2D eigenvalue weighted by Crippen LogP contribution is -2.41. The zero-order valence-corrected chi connectivity index (χ0v) is 18.3. The minimum Gasteiger partial charge on any atom is -0.482 e. The quantitative estimate of drug-likeness (QED) is 0.567. The van der Waals surface area contributed by atoms with Crippen LogP contribution in [-0.4, -0.2) is 46.2 Å². The number of nitrogens with one attached hydrogen (secondary N) is 1. The smallest absolute Gasteiger partial charge is 0.414 e.